The van der Waals surface area contributed by atoms with Crippen molar-refractivity contribution in [2.24, 2.45) is 0 Å². The molecule has 0 atom stereocenters. The molecule has 0 radical (unpaired) electrons. The van der Waals surface area contributed by atoms with Gasteiger partial charge < -0.3 is 14.8 Å². The lowest BCUT2D eigenvalue weighted by Crippen LogP contribution is -2.37. The summed E-state index contributed by atoms with van der Waals surface area (Å²) in [5, 5.41) is 3.96. The molecule has 134 valence electrons. The minimum Gasteiger partial charge on any atom is -0.497 e. The van der Waals surface area contributed by atoms with E-state index in [1.54, 1.807) is 7.11 Å². The van der Waals surface area contributed by atoms with Crippen molar-refractivity contribution < 1.29 is 14.3 Å². The topological polar surface area (TPSA) is 60.5 Å². The number of nitrogens with one attached hydrogen (secondary N) is 1. The number of benzene rings is 1. The van der Waals surface area contributed by atoms with E-state index in [9.17, 15) is 4.79 Å². The van der Waals surface area contributed by atoms with E-state index in [-0.39, 0.29) is 18.6 Å². The first kappa shape index (κ1) is 17.5. The molecule has 5 nitrogen and oxygen atoms in total. The number of fused-ring (bicyclic) bond motifs is 1. The van der Waals surface area contributed by atoms with Gasteiger partial charge in [0.25, 0.3) is 5.91 Å². The zero-order valence-corrected chi connectivity index (χ0v) is 15.0. The van der Waals surface area contributed by atoms with E-state index < -0.39 is 0 Å². The Morgan fingerprint density at radius 2 is 1.96 bits per heavy atom. The van der Waals surface area contributed by atoms with Crippen LogP contribution in [0.1, 0.15) is 44.2 Å². The second-order valence-corrected chi connectivity index (χ2v) is 6.69. The number of aryl methyl sites for hydroxylation is 1. The fourth-order valence-corrected chi connectivity index (χ4v) is 3.38. The average molecular weight is 342 g/mol. The predicted octanol–water partition coefficient (Wildman–Crippen LogP) is 3.77. The van der Waals surface area contributed by atoms with Gasteiger partial charge in [-0.2, -0.15) is 0 Å². The summed E-state index contributed by atoms with van der Waals surface area (Å²) < 4.78 is 11.1. The Kier molecular flexibility index (Phi) is 5.74. The molecule has 0 aliphatic heterocycles. The molecule has 0 bridgehead atoms. The molecular formula is C20H26N2O3. The van der Waals surface area contributed by atoms with Crippen LogP contribution in [0.4, 0.5) is 0 Å². The first-order valence-corrected chi connectivity index (χ1v) is 9.03. The number of methoxy groups -OCH3 is 1. The molecule has 2 aromatic rings. The fraction of sp³-hybridized carbons (Fsp3) is 0.500. The molecule has 0 unspecified atom stereocenters. The molecule has 1 fully saturated rings. The zero-order chi connectivity index (χ0) is 17.6. The normalized spacial score (nSPS) is 15.6. The van der Waals surface area contributed by atoms with Gasteiger partial charge in [0.05, 0.1) is 12.6 Å². The van der Waals surface area contributed by atoms with Crippen LogP contribution in [0.15, 0.2) is 24.3 Å². The zero-order valence-electron chi connectivity index (χ0n) is 15.0. The number of hydrogen-bond acceptors (Lipinski definition) is 4. The van der Waals surface area contributed by atoms with Crippen molar-refractivity contribution in [1.29, 1.82) is 0 Å². The number of carbonyl (C=O) groups is 1. The number of carbonyl (C=O) groups excluding carboxylic acids is 1. The maximum absolute atomic E-state index is 12.3. The lowest BCUT2D eigenvalue weighted by molar-refractivity contribution is -0.123. The van der Waals surface area contributed by atoms with Crippen LogP contribution in [0.2, 0.25) is 0 Å². The van der Waals surface area contributed by atoms with Gasteiger partial charge in [0.2, 0.25) is 0 Å². The molecule has 0 saturated heterocycles. The monoisotopic (exact) mass is 342 g/mol. The number of nitrogens with zero attached hydrogens (tertiary/aromatic N) is 1. The molecule has 1 aromatic carbocycles. The van der Waals surface area contributed by atoms with Crippen LogP contribution in [0, 0.1) is 6.92 Å². The van der Waals surface area contributed by atoms with Gasteiger partial charge >= 0.3 is 0 Å². The van der Waals surface area contributed by atoms with E-state index in [1.165, 1.54) is 25.7 Å². The molecule has 0 spiro atoms. The van der Waals surface area contributed by atoms with E-state index in [4.69, 9.17) is 9.47 Å². The second-order valence-electron chi connectivity index (χ2n) is 6.69. The fourth-order valence-electron chi connectivity index (χ4n) is 3.38. The third-order valence-electron chi connectivity index (χ3n) is 4.69. The minimum absolute atomic E-state index is 0.0201. The molecule has 1 amide bonds. The highest BCUT2D eigenvalue weighted by molar-refractivity contribution is 5.87. The molecule has 5 heteroatoms. The summed E-state index contributed by atoms with van der Waals surface area (Å²) in [5.74, 6) is 1.35. The smallest absolute Gasteiger partial charge is 0.258 e. The van der Waals surface area contributed by atoms with Gasteiger partial charge in [0, 0.05) is 23.2 Å². The van der Waals surface area contributed by atoms with Crippen molar-refractivity contribution in [3.63, 3.8) is 0 Å². The second kappa shape index (κ2) is 8.19. The first-order valence-electron chi connectivity index (χ1n) is 9.03. The molecule has 1 aliphatic carbocycles. The molecule has 1 saturated carbocycles. The molecule has 1 N–H and O–H groups in total. The summed E-state index contributed by atoms with van der Waals surface area (Å²) in [6.07, 6.45) is 7.07. The van der Waals surface area contributed by atoms with E-state index >= 15 is 0 Å². The van der Waals surface area contributed by atoms with Crippen LogP contribution in [-0.2, 0) is 4.79 Å². The average Bonchev–Trinajstić information content (AvgIpc) is 2.88. The number of hydrogen-bond donors (Lipinski definition) is 1. The summed E-state index contributed by atoms with van der Waals surface area (Å²) in [6, 6.07) is 7.81. The quantitative estimate of drug-likeness (QED) is 0.840. The molecule has 1 aliphatic rings. The van der Waals surface area contributed by atoms with E-state index in [1.807, 2.05) is 31.2 Å². The number of amides is 1. The molecular weight excluding hydrogens is 316 g/mol. The van der Waals surface area contributed by atoms with Crippen LogP contribution in [0.3, 0.4) is 0 Å². The predicted molar refractivity (Wildman–Crippen MR) is 98.2 cm³/mol. The lowest BCUT2D eigenvalue weighted by atomic mass is 10.1. The lowest BCUT2D eigenvalue weighted by Gasteiger charge is -2.17. The maximum atomic E-state index is 12.3. The van der Waals surface area contributed by atoms with Crippen LogP contribution >= 0.6 is 0 Å². The van der Waals surface area contributed by atoms with E-state index in [0.29, 0.717) is 5.75 Å². The van der Waals surface area contributed by atoms with Crippen LogP contribution < -0.4 is 14.8 Å². The number of rotatable bonds is 5. The van der Waals surface area contributed by atoms with Crippen LogP contribution in [0.25, 0.3) is 10.9 Å². The molecule has 25 heavy (non-hydrogen) atoms. The van der Waals surface area contributed by atoms with Crippen molar-refractivity contribution in [1.82, 2.24) is 10.3 Å². The van der Waals surface area contributed by atoms with Crippen LogP contribution in [-0.4, -0.2) is 30.6 Å². The number of aromatic nitrogens is 1. The van der Waals surface area contributed by atoms with Crippen molar-refractivity contribution >= 4 is 16.8 Å². The summed E-state index contributed by atoms with van der Waals surface area (Å²) in [7, 11) is 1.63. The standard InChI is InChI=1S/C20H26N2O3/c1-14-11-19(17-12-16(24-2)9-10-18(17)21-14)25-13-20(23)22-15-7-5-3-4-6-8-15/h9-12,15H,3-8,13H2,1-2H3,(H,22,23). The Labute approximate surface area is 148 Å². The van der Waals surface area contributed by atoms with Gasteiger partial charge in [-0.3, -0.25) is 9.78 Å². The Morgan fingerprint density at radius 1 is 1.20 bits per heavy atom. The van der Waals surface area contributed by atoms with E-state index in [0.717, 1.165) is 35.2 Å². The van der Waals surface area contributed by atoms with Crippen LogP contribution in [0.5, 0.6) is 11.5 Å². The summed E-state index contributed by atoms with van der Waals surface area (Å²) in [4.78, 5) is 16.8. The van der Waals surface area contributed by atoms with Gasteiger partial charge in [0.15, 0.2) is 6.61 Å². The Balaban J connectivity index is 1.68. The van der Waals surface area contributed by atoms with Crippen molar-refractivity contribution in [2.45, 2.75) is 51.5 Å². The van der Waals surface area contributed by atoms with Gasteiger partial charge in [-0.05, 0) is 38.0 Å². The highest BCUT2D eigenvalue weighted by atomic mass is 16.5. The molecule has 1 aromatic heterocycles. The van der Waals surface area contributed by atoms with Crippen molar-refractivity contribution in [3.8, 4) is 11.5 Å². The third-order valence-corrected chi connectivity index (χ3v) is 4.69. The summed E-state index contributed by atoms with van der Waals surface area (Å²) in [5.41, 5.74) is 1.69. The number of pyridine rings is 1. The van der Waals surface area contributed by atoms with Gasteiger partial charge in [0.1, 0.15) is 11.5 Å². The Hall–Kier alpha value is -2.30. The largest absolute Gasteiger partial charge is 0.497 e. The maximum Gasteiger partial charge on any atom is 0.258 e. The highest BCUT2D eigenvalue weighted by Gasteiger charge is 2.15. The Bertz CT molecular complexity index is 737. The SMILES string of the molecule is COc1ccc2nc(C)cc(OCC(=O)NC3CCCCCC3)c2c1. The Morgan fingerprint density at radius 3 is 2.68 bits per heavy atom. The van der Waals surface area contributed by atoms with Gasteiger partial charge in [-0.15, -0.1) is 0 Å². The third kappa shape index (κ3) is 4.62. The summed E-state index contributed by atoms with van der Waals surface area (Å²) in [6.45, 7) is 1.94. The summed E-state index contributed by atoms with van der Waals surface area (Å²) >= 11 is 0. The van der Waals surface area contributed by atoms with Crippen molar-refractivity contribution in [3.05, 3.63) is 30.0 Å². The highest BCUT2D eigenvalue weighted by Crippen LogP contribution is 2.29. The van der Waals surface area contributed by atoms with Gasteiger partial charge in [-0.1, -0.05) is 25.7 Å². The minimum atomic E-state index is -0.0580. The van der Waals surface area contributed by atoms with Gasteiger partial charge in [-0.25, -0.2) is 0 Å². The number of ether oxygens (including phenoxy) is 2. The first-order chi connectivity index (χ1) is 12.2. The molecule has 1 heterocycles. The van der Waals surface area contributed by atoms with Crippen molar-refractivity contribution in [2.75, 3.05) is 13.7 Å². The molecule has 3 rings (SSSR count). The van der Waals surface area contributed by atoms with E-state index in [2.05, 4.69) is 10.3 Å².